The quantitative estimate of drug-likeness (QED) is 0.0964. The molecule has 0 aromatic heterocycles. The highest BCUT2D eigenvalue weighted by molar-refractivity contribution is 6.00. The smallest absolute Gasteiger partial charge is 0.407 e. The Hall–Kier alpha value is -7.21. The highest BCUT2D eigenvalue weighted by atomic mass is 16.7. The van der Waals surface area contributed by atoms with Gasteiger partial charge in [-0.25, -0.2) is 9.86 Å². The van der Waals surface area contributed by atoms with E-state index < -0.39 is 179 Å². The van der Waals surface area contributed by atoms with Gasteiger partial charge in [0.1, 0.15) is 72.6 Å². The van der Waals surface area contributed by atoms with E-state index in [0.717, 1.165) is 60.9 Å². The number of amides is 13. The fraction of sp³-hybridized carbons (Fsp3) is 0.827. The van der Waals surface area contributed by atoms with Gasteiger partial charge in [0, 0.05) is 74.4 Å². The summed E-state index contributed by atoms with van der Waals surface area (Å²) < 4.78 is 10.4. The minimum Gasteiger partial charge on any atom is -0.453 e. The number of nitrogens with zero attached hydrogens (tertiary/aromatic N) is 9. The molecule has 30 heteroatoms. The van der Waals surface area contributed by atoms with Crippen LogP contribution in [0.15, 0.2) is 0 Å². The maximum Gasteiger partial charge on any atom is 0.407 e. The summed E-state index contributed by atoms with van der Waals surface area (Å²) in [7, 11) is 11.1. The predicted octanol–water partition coefficient (Wildman–Crippen LogP) is 3.73. The van der Waals surface area contributed by atoms with Crippen molar-refractivity contribution in [2.45, 2.75) is 262 Å². The van der Waals surface area contributed by atoms with Crippen LogP contribution in [0.5, 0.6) is 0 Å². The van der Waals surface area contributed by atoms with Crippen LogP contribution in [0, 0.1) is 46.8 Å². The molecular weight excluding hydrogens is 1350 g/mol. The minimum absolute atomic E-state index is 0.000308. The van der Waals surface area contributed by atoms with Crippen molar-refractivity contribution in [2.24, 2.45) is 46.8 Å². The number of carbonyl (C=O) groups excluding carboxylic acids is 13. The van der Waals surface area contributed by atoms with E-state index >= 15 is 38.4 Å². The zero-order valence-electron chi connectivity index (χ0n) is 68.5. The van der Waals surface area contributed by atoms with Gasteiger partial charge in [0.2, 0.25) is 65.0 Å². The number of unbranched alkanes of at least 4 members (excludes halogenated alkanes) is 2. The van der Waals surface area contributed by atoms with Gasteiger partial charge in [0.05, 0.1) is 20.3 Å². The molecule has 0 bridgehead atoms. The molecular formula is C75H134N14O16. The van der Waals surface area contributed by atoms with Gasteiger partial charge < -0.3 is 70.4 Å². The number of hydrogen-bond acceptors (Lipinski definition) is 17. The SMILES string of the molecule is CC[C@@H]1NC(=O)[C@@H]2[C@@H]([C@H](C)CCCCCN3CCOCC3)ON2C(=O)[C@H](C(C)C)N(C)C(=O)[C@H](CC(C)C)N(C)C(=O)[C@H](CC(C)C)N(C)C(=O)[C@@H](C)NC(=O)[C@H](C)NC(=O)[C@H](CC(C)C)N(C)C(=O)[C@H](C(C)C)NC(=O)[C@H](C(C)(C)CN(C)C(=O)[C@H](NC(=O)OC)C(C)C)N(C)C(=O)[C@@H](C)N(C)C1=O. The minimum atomic E-state index is -1.54. The monoisotopic (exact) mass is 1490 g/mol. The van der Waals surface area contributed by atoms with Crippen LogP contribution < -0.4 is 26.6 Å². The molecule has 0 unspecified atom stereocenters. The van der Waals surface area contributed by atoms with Gasteiger partial charge in [0.15, 0.2) is 6.04 Å². The molecule has 5 N–H and O–H groups in total. The first-order valence-electron chi connectivity index (χ1n) is 37.9. The number of fused-ring (bicyclic) bond motifs is 1. The first-order valence-corrected chi connectivity index (χ1v) is 37.9. The molecule has 0 aromatic rings. The fourth-order valence-corrected chi connectivity index (χ4v) is 14.3. The number of hydrogen-bond donors (Lipinski definition) is 5. The van der Waals surface area contributed by atoms with E-state index in [9.17, 15) is 24.0 Å². The summed E-state index contributed by atoms with van der Waals surface area (Å²) >= 11 is 0. The second-order valence-corrected chi connectivity index (χ2v) is 32.6. The van der Waals surface area contributed by atoms with Crippen molar-refractivity contribution < 1.29 is 76.6 Å². The summed E-state index contributed by atoms with van der Waals surface area (Å²) in [6, 6.07) is -15.4. The Labute approximate surface area is 626 Å². The molecule has 3 aliphatic rings. The topological polar surface area (TPSA) is 339 Å². The van der Waals surface area contributed by atoms with Crippen molar-refractivity contribution >= 4 is 77.0 Å². The molecule has 0 aliphatic carbocycles. The van der Waals surface area contributed by atoms with Crippen molar-refractivity contribution in [1.29, 1.82) is 0 Å². The van der Waals surface area contributed by atoms with E-state index in [1.165, 1.54) is 94.6 Å². The molecule has 0 radical (unpaired) electrons. The molecule has 30 nitrogen and oxygen atoms in total. The van der Waals surface area contributed by atoms with E-state index in [2.05, 4.69) is 31.5 Å². The second kappa shape index (κ2) is 41.2. The van der Waals surface area contributed by atoms with Crippen LogP contribution in [0.3, 0.4) is 0 Å². The van der Waals surface area contributed by atoms with Gasteiger partial charge in [-0.2, -0.15) is 0 Å². The highest BCUT2D eigenvalue weighted by Gasteiger charge is 2.55. The molecule has 3 heterocycles. The molecule has 3 fully saturated rings. The van der Waals surface area contributed by atoms with Crippen LogP contribution in [-0.4, -0.2) is 296 Å². The normalized spacial score (nSPS) is 26.9. The molecule has 3 saturated heterocycles. The standard InChI is InChI=1S/C75H134N14O16/c1-28-52-68(96)82(21)51(17)67(95)87(26)61(75(18,19)41-81(20)71(99)56(45(8)9)80-74(102)103-27)65(93)79-57(46(10)11)72(100)83(22)53(38-42(2)3)63(91)76-49(15)62(90)77-50(16)66(94)84(23)54(39-43(4)5)69(97)85(24)55(40-44(6)7)70(98)86(25)58(47(12)13)73(101)89-59(64(92)78-52)60(105-89)48(14)32-30-29-31-33-88-34-36-104-37-35-88/h42-61H,28-41H2,1-27H3,(H,76,91)(H,77,90)(H,78,92)(H,79,93)(H,80,102)/t48-,49+,50-,51-,52+,53+,54+,55+,56-,57+,58+,59+,60-,61-/m1/s1. The van der Waals surface area contributed by atoms with Gasteiger partial charge in [0.25, 0.3) is 5.91 Å². The third-order valence-corrected chi connectivity index (χ3v) is 20.8. The molecule has 3 rings (SSSR count). The molecule has 0 saturated carbocycles. The van der Waals surface area contributed by atoms with Gasteiger partial charge in [-0.1, -0.05) is 124 Å². The molecule has 14 atom stereocenters. The van der Waals surface area contributed by atoms with Gasteiger partial charge >= 0.3 is 6.09 Å². The number of hydroxylamine groups is 2. The maximum atomic E-state index is 15.6. The number of methoxy groups -OCH3 is 1. The van der Waals surface area contributed by atoms with Crippen LogP contribution in [0.1, 0.15) is 183 Å². The summed E-state index contributed by atoms with van der Waals surface area (Å²) in [6.07, 6.45) is 1.81. The Bertz CT molecular complexity index is 2980. The molecule has 13 amide bonds. The Kier molecular flexibility index (Phi) is 36.1. The van der Waals surface area contributed by atoms with E-state index in [1.54, 1.807) is 62.3 Å². The summed E-state index contributed by atoms with van der Waals surface area (Å²) in [5.74, 6) is -11.0. The van der Waals surface area contributed by atoms with Crippen LogP contribution in [-0.2, 0) is 71.8 Å². The lowest BCUT2D eigenvalue weighted by molar-refractivity contribution is -0.322. The predicted molar refractivity (Wildman–Crippen MR) is 398 cm³/mol. The summed E-state index contributed by atoms with van der Waals surface area (Å²) in [4.78, 5) is 210. The van der Waals surface area contributed by atoms with Crippen LogP contribution in [0.4, 0.5) is 4.79 Å². The van der Waals surface area contributed by atoms with Crippen molar-refractivity contribution in [1.82, 2.24) is 70.8 Å². The highest BCUT2D eigenvalue weighted by Crippen LogP contribution is 2.35. The van der Waals surface area contributed by atoms with Crippen molar-refractivity contribution in [3.8, 4) is 0 Å². The van der Waals surface area contributed by atoms with Crippen LogP contribution >= 0.6 is 0 Å². The van der Waals surface area contributed by atoms with Gasteiger partial charge in [-0.05, 0) is 107 Å². The van der Waals surface area contributed by atoms with E-state index in [0.29, 0.717) is 19.6 Å². The lowest BCUT2D eigenvalue weighted by Gasteiger charge is -2.50. The number of nitrogens with one attached hydrogen (secondary N) is 5. The molecule has 105 heavy (non-hydrogen) atoms. The van der Waals surface area contributed by atoms with Crippen molar-refractivity contribution in [2.75, 3.05) is 95.8 Å². The average molecular weight is 1490 g/mol. The van der Waals surface area contributed by atoms with E-state index in [-0.39, 0.29) is 55.9 Å². The van der Waals surface area contributed by atoms with E-state index in [4.69, 9.17) is 14.3 Å². The average Bonchev–Trinajstić information content (AvgIpc) is 0.757. The first-order chi connectivity index (χ1) is 48.7. The Morgan fingerprint density at radius 3 is 1.59 bits per heavy atom. The number of alkyl carbamates (subject to hydrolysis) is 1. The second-order valence-electron chi connectivity index (χ2n) is 32.6. The Balaban J connectivity index is 2.37. The number of morpholine rings is 1. The van der Waals surface area contributed by atoms with E-state index in [1.807, 2.05) is 48.5 Å². The van der Waals surface area contributed by atoms with Gasteiger partial charge in [-0.3, -0.25) is 67.3 Å². The van der Waals surface area contributed by atoms with Crippen LogP contribution in [0.2, 0.25) is 0 Å². The third-order valence-electron chi connectivity index (χ3n) is 20.8. The Morgan fingerprint density at radius 2 is 1.09 bits per heavy atom. The first kappa shape index (κ1) is 92.0. The summed E-state index contributed by atoms with van der Waals surface area (Å²) in [5.41, 5.74) is -1.42. The molecule has 600 valence electrons. The number of ether oxygens (including phenoxy) is 2. The van der Waals surface area contributed by atoms with Crippen molar-refractivity contribution in [3.63, 3.8) is 0 Å². The molecule has 3 aliphatic heterocycles. The van der Waals surface area contributed by atoms with Crippen LogP contribution in [0.25, 0.3) is 0 Å². The summed E-state index contributed by atoms with van der Waals surface area (Å²) in [6.45, 7) is 36.4. The lowest BCUT2D eigenvalue weighted by atomic mass is 9.81. The third kappa shape index (κ3) is 24.7. The number of likely N-dealkylation sites (N-methyl/N-ethyl adjacent to an activating group) is 7. The number of carbonyl (C=O) groups is 13. The Morgan fingerprint density at radius 1 is 0.571 bits per heavy atom. The lowest BCUT2D eigenvalue weighted by Crippen LogP contribution is -2.72. The number of rotatable bonds is 22. The summed E-state index contributed by atoms with van der Waals surface area (Å²) in [5, 5.41) is 14.7. The largest absolute Gasteiger partial charge is 0.453 e. The molecule has 0 aromatic carbocycles. The molecule has 0 spiro atoms. The van der Waals surface area contributed by atoms with Crippen molar-refractivity contribution in [3.05, 3.63) is 0 Å². The zero-order chi connectivity index (χ0) is 80.3. The fourth-order valence-electron chi connectivity index (χ4n) is 14.3. The van der Waals surface area contributed by atoms with Gasteiger partial charge in [-0.15, -0.1) is 0 Å². The zero-order valence-corrected chi connectivity index (χ0v) is 68.5. The maximum absolute atomic E-state index is 15.6.